The van der Waals surface area contributed by atoms with Gasteiger partial charge in [0.25, 0.3) is 6.10 Å². The average Bonchev–Trinajstić information content (AvgIpc) is 2.45. The molecule has 1 aromatic rings. The van der Waals surface area contributed by atoms with Crippen LogP contribution in [0.4, 0.5) is 0 Å². The lowest BCUT2D eigenvalue weighted by Crippen LogP contribution is -2.38. The van der Waals surface area contributed by atoms with Crippen molar-refractivity contribution in [3.63, 3.8) is 0 Å². The summed E-state index contributed by atoms with van der Waals surface area (Å²) in [6.45, 7) is 6.72. The van der Waals surface area contributed by atoms with Gasteiger partial charge in [-0.05, 0) is 27.7 Å². The summed E-state index contributed by atoms with van der Waals surface area (Å²) in [6, 6.07) is 0. The lowest BCUT2D eigenvalue weighted by molar-refractivity contribution is -0.166. The van der Waals surface area contributed by atoms with Crippen molar-refractivity contribution in [3.8, 4) is 5.75 Å². The minimum absolute atomic E-state index is 0.000519. The van der Waals surface area contributed by atoms with Gasteiger partial charge in [0.2, 0.25) is 0 Å². The number of hydrogen-bond acceptors (Lipinski definition) is 6. The van der Waals surface area contributed by atoms with Crippen molar-refractivity contribution in [2.75, 3.05) is 13.2 Å². The minimum Gasteiger partial charge on any atom is -0.463 e. The maximum Gasteiger partial charge on any atom is 0.359 e. The van der Waals surface area contributed by atoms with E-state index in [0.29, 0.717) is 11.4 Å². The topological polar surface area (TPSA) is 74.7 Å². The van der Waals surface area contributed by atoms with Crippen LogP contribution in [0.3, 0.4) is 0 Å². The number of nitrogens with zero attached hydrogens (tertiary/aromatic N) is 1. The molecule has 1 heterocycles. The zero-order valence-corrected chi connectivity index (χ0v) is 14.2. The van der Waals surface area contributed by atoms with Gasteiger partial charge in [0.15, 0.2) is 5.75 Å². The molecule has 0 saturated carbocycles. The first kappa shape index (κ1) is 18.5. The lowest BCUT2D eigenvalue weighted by Gasteiger charge is -2.19. The number of ether oxygens (including phenoxy) is 3. The summed E-state index contributed by atoms with van der Waals surface area (Å²) >= 11 is 12.2. The third-order valence-corrected chi connectivity index (χ3v) is 3.50. The van der Waals surface area contributed by atoms with Crippen molar-refractivity contribution < 1.29 is 23.8 Å². The van der Waals surface area contributed by atoms with E-state index in [-0.39, 0.29) is 29.0 Å². The number of halogens is 2. The monoisotopic (exact) mass is 349 g/mol. The molecular formula is C14H17Cl2NO5. The van der Waals surface area contributed by atoms with Crippen molar-refractivity contribution in [1.82, 2.24) is 4.98 Å². The second-order valence-electron chi connectivity index (χ2n) is 4.24. The molecule has 0 N–H and O–H groups in total. The smallest absolute Gasteiger partial charge is 0.359 e. The number of rotatable bonds is 6. The Labute approximate surface area is 138 Å². The standard InChI is InChI=1S/C14H17Cl2NO5/c1-5-20-13(18)12(14(19)21-6-2)22-11-9(15)7(3)17-8(4)10(11)16/h12H,5-6H2,1-4H3. The Bertz CT molecular complexity index is 533. The molecule has 0 fully saturated rings. The number of hydrogen-bond donors (Lipinski definition) is 0. The van der Waals surface area contributed by atoms with Gasteiger partial charge in [-0.1, -0.05) is 23.2 Å². The highest BCUT2D eigenvalue weighted by Crippen LogP contribution is 2.37. The SMILES string of the molecule is CCOC(=O)C(Oc1c(Cl)c(C)nc(C)c1Cl)C(=O)OCC. The van der Waals surface area contributed by atoms with Gasteiger partial charge >= 0.3 is 11.9 Å². The van der Waals surface area contributed by atoms with Crippen molar-refractivity contribution in [1.29, 1.82) is 0 Å². The van der Waals surface area contributed by atoms with E-state index in [1.165, 1.54) is 0 Å². The first-order valence-electron chi connectivity index (χ1n) is 6.65. The maximum atomic E-state index is 11.9. The van der Waals surface area contributed by atoms with E-state index in [1.54, 1.807) is 27.7 Å². The van der Waals surface area contributed by atoms with Gasteiger partial charge in [-0.3, -0.25) is 4.98 Å². The Balaban J connectivity index is 3.19. The van der Waals surface area contributed by atoms with Gasteiger partial charge < -0.3 is 14.2 Å². The van der Waals surface area contributed by atoms with E-state index >= 15 is 0 Å². The molecule has 122 valence electrons. The molecule has 1 rings (SSSR count). The van der Waals surface area contributed by atoms with Crippen LogP contribution in [-0.4, -0.2) is 36.2 Å². The molecule has 0 aliphatic carbocycles. The van der Waals surface area contributed by atoms with Crippen molar-refractivity contribution in [2.24, 2.45) is 0 Å². The van der Waals surface area contributed by atoms with Crippen LogP contribution in [0.15, 0.2) is 0 Å². The molecule has 22 heavy (non-hydrogen) atoms. The van der Waals surface area contributed by atoms with E-state index in [0.717, 1.165) is 0 Å². The molecule has 0 aromatic carbocycles. The Hall–Kier alpha value is -1.53. The number of esters is 2. The number of pyridine rings is 1. The predicted octanol–water partition coefficient (Wildman–Crippen LogP) is 2.88. The first-order valence-corrected chi connectivity index (χ1v) is 7.41. The molecule has 0 unspecified atom stereocenters. The highest BCUT2D eigenvalue weighted by atomic mass is 35.5. The summed E-state index contributed by atoms with van der Waals surface area (Å²) in [5.74, 6) is -1.75. The molecule has 0 aliphatic heterocycles. The van der Waals surface area contributed by atoms with Crippen LogP contribution in [0.5, 0.6) is 5.75 Å². The van der Waals surface area contributed by atoms with Crippen LogP contribution in [-0.2, 0) is 19.1 Å². The quantitative estimate of drug-likeness (QED) is 0.580. The third kappa shape index (κ3) is 4.24. The Kier molecular flexibility index (Phi) is 6.90. The normalized spacial score (nSPS) is 10.5. The third-order valence-electron chi connectivity index (χ3n) is 2.61. The van der Waals surface area contributed by atoms with Crippen molar-refractivity contribution in [3.05, 3.63) is 21.4 Å². The molecule has 0 aliphatic rings. The van der Waals surface area contributed by atoms with Crippen LogP contribution >= 0.6 is 23.2 Å². The van der Waals surface area contributed by atoms with Crippen LogP contribution < -0.4 is 4.74 Å². The molecule has 0 amide bonds. The van der Waals surface area contributed by atoms with Gasteiger partial charge in [0, 0.05) is 0 Å². The van der Waals surface area contributed by atoms with Gasteiger partial charge in [-0.15, -0.1) is 0 Å². The molecule has 0 atom stereocenters. The van der Waals surface area contributed by atoms with Crippen molar-refractivity contribution in [2.45, 2.75) is 33.8 Å². The van der Waals surface area contributed by atoms with Crippen molar-refractivity contribution >= 4 is 35.1 Å². The lowest BCUT2D eigenvalue weighted by atomic mass is 10.3. The summed E-state index contributed by atoms with van der Waals surface area (Å²) < 4.78 is 15.0. The second kappa shape index (κ2) is 8.19. The summed E-state index contributed by atoms with van der Waals surface area (Å²) in [6.07, 6.45) is -1.60. The van der Waals surface area contributed by atoms with Crippen LogP contribution in [0.25, 0.3) is 0 Å². The first-order chi connectivity index (χ1) is 10.3. The van der Waals surface area contributed by atoms with Crippen LogP contribution in [0, 0.1) is 13.8 Å². The molecule has 0 saturated heterocycles. The van der Waals surface area contributed by atoms with E-state index in [9.17, 15) is 9.59 Å². The summed E-state index contributed by atoms with van der Waals surface area (Å²) in [5.41, 5.74) is 0.926. The highest BCUT2D eigenvalue weighted by molar-refractivity contribution is 6.37. The minimum atomic E-state index is -1.60. The Morgan fingerprint density at radius 3 is 1.77 bits per heavy atom. The molecule has 0 bridgehead atoms. The van der Waals surface area contributed by atoms with E-state index < -0.39 is 18.0 Å². The van der Waals surface area contributed by atoms with Gasteiger partial charge in [-0.2, -0.15) is 0 Å². The molecule has 8 heteroatoms. The summed E-state index contributed by atoms with van der Waals surface area (Å²) in [5, 5.41) is 0.239. The zero-order valence-electron chi connectivity index (χ0n) is 12.7. The van der Waals surface area contributed by atoms with Gasteiger partial charge in [0.1, 0.15) is 10.0 Å². The zero-order chi connectivity index (χ0) is 16.9. The highest BCUT2D eigenvalue weighted by Gasteiger charge is 2.33. The predicted molar refractivity (Wildman–Crippen MR) is 81.4 cm³/mol. The fraction of sp³-hybridized carbons (Fsp3) is 0.500. The fourth-order valence-corrected chi connectivity index (χ4v) is 2.04. The van der Waals surface area contributed by atoms with Crippen LogP contribution in [0.1, 0.15) is 25.2 Å². The number of aryl methyl sites for hydroxylation is 2. The number of aromatic nitrogens is 1. The molecule has 0 radical (unpaired) electrons. The molecule has 6 nitrogen and oxygen atoms in total. The Morgan fingerprint density at radius 1 is 1.00 bits per heavy atom. The molecule has 1 aromatic heterocycles. The second-order valence-corrected chi connectivity index (χ2v) is 5.00. The molecular weight excluding hydrogens is 333 g/mol. The fourth-order valence-electron chi connectivity index (χ4n) is 1.62. The maximum absolute atomic E-state index is 11.9. The number of carbonyl (C=O) groups is 2. The summed E-state index contributed by atoms with van der Waals surface area (Å²) in [4.78, 5) is 27.9. The van der Waals surface area contributed by atoms with Crippen LogP contribution in [0.2, 0.25) is 10.0 Å². The molecule has 0 spiro atoms. The average molecular weight is 350 g/mol. The Morgan fingerprint density at radius 2 is 1.41 bits per heavy atom. The van der Waals surface area contributed by atoms with E-state index in [1.807, 2.05) is 0 Å². The van der Waals surface area contributed by atoms with E-state index in [4.69, 9.17) is 37.4 Å². The summed E-state index contributed by atoms with van der Waals surface area (Å²) in [7, 11) is 0. The van der Waals surface area contributed by atoms with E-state index in [2.05, 4.69) is 4.98 Å². The van der Waals surface area contributed by atoms with Gasteiger partial charge in [-0.25, -0.2) is 9.59 Å². The largest absolute Gasteiger partial charge is 0.463 e. The van der Waals surface area contributed by atoms with Gasteiger partial charge in [0.05, 0.1) is 24.6 Å². The number of carbonyl (C=O) groups excluding carboxylic acids is 2.